The molecule has 3 N–H and O–H groups in total. The van der Waals surface area contributed by atoms with Gasteiger partial charge in [-0.25, -0.2) is 0 Å². The van der Waals surface area contributed by atoms with Crippen molar-refractivity contribution in [2.24, 2.45) is 0 Å². The second-order valence-corrected chi connectivity index (χ2v) is 12.5. The highest BCUT2D eigenvalue weighted by molar-refractivity contribution is 7.87. The molecule has 2 aromatic rings. The Hall–Kier alpha value is -2.27. The molecule has 0 radical (unpaired) electrons. The first-order valence-corrected chi connectivity index (χ1v) is 14.7. The van der Waals surface area contributed by atoms with Gasteiger partial charge < -0.3 is 15.2 Å². The monoisotopic (exact) mass is 513 g/mol. The van der Waals surface area contributed by atoms with Gasteiger partial charge in [0.05, 0.1) is 0 Å². The van der Waals surface area contributed by atoms with Gasteiger partial charge in [-0.2, -0.15) is 17.4 Å². The van der Waals surface area contributed by atoms with Gasteiger partial charge >= 0.3 is 0 Å². The van der Waals surface area contributed by atoms with E-state index in [1.165, 1.54) is 5.56 Å². The van der Waals surface area contributed by atoms with Crippen LogP contribution in [0.2, 0.25) is 0 Å². The number of piperidine rings is 2. The van der Waals surface area contributed by atoms with Crippen molar-refractivity contribution in [3.8, 4) is 0 Å². The molecule has 1 amide bonds. The Kier molecular flexibility index (Phi) is 6.62. The third kappa shape index (κ3) is 5.22. The van der Waals surface area contributed by atoms with Crippen LogP contribution < -0.4 is 15.4 Å². The van der Waals surface area contributed by atoms with Crippen LogP contribution in [0.15, 0.2) is 40.9 Å². The summed E-state index contributed by atoms with van der Waals surface area (Å²) in [7, 11) is -3.60. The fourth-order valence-corrected chi connectivity index (χ4v) is 8.22. The van der Waals surface area contributed by atoms with Gasteiger partial charge in [0.2, 0.25) is 0 Å². The number of rotatable bonds is 8. The molecule has 9 nitrogen and oxygen atoms in total. The van der Waals surface area contributed by atoms with Gasteiger partial charge in [-0.05, 0) is 69.9 Å². The zero-order chi connectivity index (χ0) is 24.7. The number of amides is 1. The van der Waals surface area contributed by atoms with Gasteiger partial charge in [-0.15, -0.1) is 0 Å². The molecule has 2 bridgehead atoms. The number of nitrogens with zero attached hydrogens (tertiary/aromatic N) is 2. The summed E-state index contributed by atoms with van der Waals surface area (Å²) in [6.45, 7) is 0.802. The van der Waals surface area contributed by atoms with Crippen molar-refractivity contribution in [1.29, 1.82) is 0 Å². The van der Waals surface area contributed by atoms with Crippen LogP contribution in [0.1, 0.15) is 79.1 Å². The predicted octanol–water partition coefficient (Wildman–Crippen LogP) is 2.47. The van der Waals surface area contributed by atoms with E-state index in [2.05, 4.69) is 32.6 Å². The quantitative estimate of drug-likeness (QED) is 0.499. The van der Waals surface area contributed by atoms with E-state index in [4.69, 9.17) is 4.52 Å². The average Bonchev–Trinajstić information content (AvgIpc) is 3.50. The Bertz CT molecular complexity index is 1170. The minimum atomic E-state index is -3.60. The van der Waals surface area contributed by atoms with E-state index >= 15 is 0 Å². The Morgan fingerprint density at radius 1 is 1.03 bits per heavy atom. The molecule has 4 aliphatic rings. The summed E-state index contributed by atoms with van der Waals surface area (Å²) >= 11 is 0. The van der Waals surface area contributed by atoms with Crippen molar-refractivity contribution in [1.82, 2.24) is 24.8 Å². The molecule has 1 aliphatic carbocycles. The smallest absolute Gasteiger partial charge is 0.280 e. The number of hydrogen-bond donors (Lipinski definition) is 3. The average molecular weight is 514 g/mol. The maximum Gasteiger partial charge on any atom is 0.280 e. The molecule has 194 valence electrons. The number of carbonyl (C=O) groups is 1. The lowest BCUT2D eigenvalue weighted by atomic mass is 9.95. The van der Waals surface area contributed by atoms with E-state index < -0.39 is 10.2 Å². The van der Waals surface area contributed by atoms with E-state index in [-0.39, 0.29) is 36.1 Å². The number of aromatic nitrogens is 1. The third-order valence-electron chi connectivity index (χ3n) is 8.15. The van der Waals surface area contributed by atoms with Crippen molar-refractivity contribution in [2.45, 2.75) is 93.9 Å². The van der Waals surface area contributed by atoms with Gasteiger partial charge in [-0.1, -0.05) is 35.5 Å². The van der Waals surface area contributed by atoms with Crippen LogP contribution in [0.3, 0.4) is 0 Å². The Morgan fingerprint density at radius 2 is 1.78 bits per heavy atom. The number of carbonyl (C=O) groups excluding carboxylic acids is 1. The van der Waals surface area contributed by atoms with Crippen LogP contribution >= 0.6 is 0 Å². The van der Waals surface area contributed by atoms with Crippen molar-refractivity contribution in [3.63, 3.8) is 0 Å². The number of hydrogen-bond acceptors (Lipinski definition) is 6. The first-order valence-electron chi connectivity index (χ1n) is 13.3. The highest BCUT2D eigenvalue weighted by Crippen LogP contribution is 2.40. The fraction of sp³-hybridized carbons (Fsp3) is 0.615. The van der Waals surface area contributed by atoms with Gasteiger partial charge in [0, 0.05) is 42.2 Å². The highest BCUT2D eigenvalue weighted by atomic mass is 32.2. The van der Waals surface area contributed by atoms with Gasteiger partial charge in [0.1, 0.15) is 5.76 Å². The molecule has 10 heteroatoms. The molecule has 6 rings (SSSR count). The van der Waals surface area contributed by atoms with E-state index in [0.717, 1.165) is 57.3 Å². The summed E-state index contributed by atoms with van der Waals surface area (Å²) in [6.07, 6.45) is 7.54. The number of nitrogens with one attached hydrogen (secondary N) is 3. The molecule has 1 saturated carbocycles. The number of benzene rings is 1. The molecule has 5 atom stereocenters. The van der Waals surface area contributed by atoms with Crippen LogP contribution in [-0.4, -0.2) is 60.5 Å². The van der Waals surface area contributed by atoms with Gasteiger partial charge in [0.25, 0.3) is 16.1 Å². The standard InChI is InChI=1S/C26H35N5O4S/c32-26(24-16-25(35-29-24)18-6-7-18)28-21-14-22-8-9-23(15-21)31(22)36(33,34)30-19-10-11-27-20(13-19)12-17-4-2-1-3-5-17/h1-5,16,18-23,27,30H,6-15H2,(H,28,32)/t19?,20-,21-,22+,23-/m1/s1. The first kappa shape index (κ1) is 24.1. The summed E-state index contributed by atoms with van der Waals surface area (Å²) in [4.78, 5) is 12.7. The highest BCUT2D eigenvalue weighted by Gasteiger charge is 2.47. The lowest BCUT2D eigenvalue weighted by Crippen LogP contribution is -2.58. The topological polar surface area (TPSA) is 117 Å². The summed E-state index contributed by atoms with van der Waals surface area (Å²) in [6, 6.07) is 12.0. The zero-order valence-corrected chi connectivity index (χ0v) is 21.3. The summed E-state index contributed by atoms with van der Waals surface area (Å²) in [5, 5.41) is 10.6. The normalized spacial score (nSPS) is 30.8. The molecular weight excluding hydrogens is 478 g/mol. The van der Waals surface area contributed by atoms with Crippen LogP contribution in [-0.2, 0) is 16.6 Å². The van der Waals surface area contributed by atoms with Crippen LogP contribution in [0.5, 0.6) is 0 Å². The Balaban J connectivity index is 1.05. The lowest BCUT2D eigenvalue weighted by Gasteiger charge is -2.39. The minimum Gasteiger partial charge on any atom is -0.360 e. The molecule has 1 aromatic carbocycles. The van der Waals surface area contributed by atoms with E-state index in [1.807, 2.05) is 18.2 Å². The van der Waals surface area contributed by atoms with Gasteiger partial charge in [-0.3, -0.25) is 4.79 Å². The van der Waals surface area contributed by atoms with Crippen molar-refractivity contribution in [3.05, 3.63) is 53.4 Å². The van der Waals surface area contributed by atoms with Crippen molar-refractivity contribution >= 4 is 16.1 Å². The molecule has 3 saturated heterocycles. The molecular formula is C26H35N5O4S. The lowest BCUT2D eigenvalue weighted by molar-refractivity contribution is 0.0899. The van der Waals surface area contributed by atoms with Crippen LogP contribution in [0.25, 0.3) is 0 Å². The first-order chi connectivity index (χ1) is 17.4. The molecule has 1 unspecified atom stereocenters. The minimum absolute atomic E-state index is 0.0586. The van der Waals surface area contributed by atoms with Crippen LogP contribution in [0, 0.1) is 0 Å². The molecule has 0 spiro atoms. The van der Waals surface area contributed by atoms with E-state index in [0.29, 0.717) is 24.5 Å². The summed E-state index contributed by atoms with van der Waals surface area (Å²) in [5.74, 6) is 0.962. The molecule has 4 fully saturated rings. The van der Waals surface area contributed by atoms with E-state index in [9.17, 15) is 13.2 Å². The molecule has 1 aromatic heterocycles. The molecule has 4 heterocycles. The Labute approximate surface area is 212 Å². The number of fused-ring (bicyclic) bond motifs is 2. The summed E-state index contributed by atoms with van der Waals surface area (Å²) < 4.78 is 37.0. The maximum atomic E-state index is 13.5. The Morgan fingerprint density at radius 3 is 2.50 bits per heavy atom. The van der Waals surface area contributed by atoms with Crippen molar-refractivity contribution < 1.29 is 17.7 Å². The SMILES string of the molecule is O=C(N[C@H]1C[C@H]2CC[C@@H](C1)N2S(=O)(=O)NC1CCN[C@H](Cc2ccccc2)C1)c1cc(C2CC2)on1. The maximum absolute atomic E-state index is 13.5. The van der Waals surface area contributed by atoms with Crippen molar-refractivity contribution in [2.75, 3.05) is 6.54 Å². The predicted molar refractivity (Wildman–Crippen MR) is 135 cm³/mol. The van der Waals surface area contributed by atoms with E-state index in [1.54, 1.807) is 10.4 Å². The molecule has 3 aliphatic heterocycles. The second-order valence-electron chi connectivity index (χ2n) is 10.9. The largest absolute Gasteiger partial charge is 0.360 e. The van der Waals surface area contributed by atoms with Crippen LogP contribution in [0.4, 0.5) is 0 Å². The molecule has 36 heavy (non-hydrogen) atoms. The second kappa shape index (κ2) is 9.89. The third-order valence-corrected chi connectivity index (χ3v) is 9.94. The summed E-state index contributed by atoms with van der Waals surface area (Å²) in [5.41, 5.74) is 1.58. The van der Waals surface area contributed by atoms with Gasteiger partial charge in [0.15, 0.2) is 5.69 Å². The fourth-order valence-electron chi connectivity index (χ4n) is 6.30. The zero-order valence-electron chi connectivity index (χ0n) is 20.4.